The minimum atomic E-state index is -0.332. The highest BCUT2D eigenvalue weighted by Crippen LogP contribution is 2.20. The average Bonchev–Trinajstić information content (AvgIpc) is 3.33. The van der Waals surface area contributed by atoms with Crippen molar-refractivity contribution >= 4 is 39.4 Å². The number of nitrogens with zero attached hydrogens (tertiary/aromatic N) is 3. The molecule has 0 spiro atoms. The fraction of sp³-hybridized carbons (Fsp3) is 0.217. The van der Waals surface area contributed by atoms with Gasteiger partial charge in [-0.25, -0.2) is 9.97 Å². The third-order valence-electron chi connectivity index (χ3n) is 4.67. The number of anilines is 1. The van der Waals surface area contributed by atoms with Gasteiger partial charge in [0.2, 0.25) is 5.91 Å². The first-order valence-electron chi connectivity index (χ1n) is 10.0. The smallest absolute Gasteiger partial charge is 0.311 e. The van der Waals surface area contributed by atoms with Crippen LogP contribution >= 0.6 is 11.3 Å². The van der Waals surface area contributed by atoms with E-state index in [4.69, 9.17) is 9.72 Å². The van der Waals surface area contributed by atoms with E-state index in [0.29, 0.717) is 23.9 Å². The standard InChI is InChI=1S/C23H22N4O3S/c1-2-30-22(29)13-17-15-31-23(24-17)26-21(28)14-27-19-11-7-6-10-18(19)25-20(27)12-16-8-4-3-5-9-16/h3-11,15H,2,12-14H2,1H3,(H,24,26,28). The predicted octanol–water partition coefficient (Wildman–Crippen LogP) is 3.83. The quantitative estimate of drug-likeness (QED) is 0.426. The first-order valence-corrected chi connectivity index (χ1v) is 10.9. The molecule has 0 aliphatic heterocycles. The van der Waals surface area contributed by atoms with Gasteiger partial charge in [0, 0.05) is 11.8 Å². The minimum absolute atomic E-state index is 0.0909. The predicted molar refractivity (Wildman–Crippen MR) is 120 cm³/mol. The zero-order chi connectivity index (χ0) is 21.6. The number of hydrogen-bond acceptors (Lipinski definition) is 6. The van der Waals surface area contributed by atoms with Crippen molar-refractivity contribution in [2.24, 2.45) is 0 Å². The van der Waals surface area contributed by atoms with Gasteiger partial charge in [-0.15, -0.1) is 11.3 Å². The van der Waals surface area contributed by atoms with Crippen molar-refractivity contribution in [2.45, 2.75) is 26.3 Å². The minimum Gasteiger partial charge on any atom is -0.466 e. The van der Waals surface area contributed by atoms with E-state index in [-0.39, 0.29) is 24.8 Å². The molecule has 158 valence electrons. The first-order chi connectivity index (χ1) is 15.1. The normalized spacial score (nSPS) is 10.9. The van der Waals surface area contributed by atoms with Crippen molar-refractivity contribution < 1.29 is 14.3 Å². The summed E-state index contributed by atoms with van der Waals surface area (Å²) in [6.07, 6.45) is 0.720. The lowest BCUT2D eigenvalue weighted by molar-refractivity contribution is -0.142. The Morgan fingerprint density at radius 3 is 2.65 bits per heavy atom. The number of carbonyl (C=O) groups is 2. The number of ether oxygens (including phenoxy) is 1. The van der Waals surface area contributed by atoms with Gasteiger partial charge >= 0.3 is 5.97 Å². The number of fused-ring (bicyclic) bond motifs is 1. The Bertz CT molecular complexity index is 1200. The van der Waals surface area contributed by atoms with E-state index >= 15 is 0 Å². The van der Waals surface area contributed by atoms with Crippen LogP contribution in [-0.2, 0) is 33.7 Å². The van der Waals surface area contributed by atoms with Crippen LogP contribution in [0.25, 0.3) is 11.0 Å². The molecule has 0 radical (unpaired) electrons. The molecular formula is C23H22N4O3S. The number of hydrogen-bond donors (Lipinski definition) is 1. The molecule has 31 heavy (non-hydrogen) atoms. The van der Waals surface area contributed by atoms with Crippen LogP contribution in [0.2, 0.25) is 0 Å². The number of aromatic nitrogens is 3. The lowest BCUT2D eigenvalue weighted by atomic mass is 10.1. The molecule has 4 aromatic rings. The zero-order valence-corrected chi connectivity index (χ0v) is 17.9. The van der Waals surface area contributed by atoms with Crippen LogP contribution in [0.1, 0.15) is 24.0 Å². The maximum absolute atomic E-state index is 12.8. The molecule has 0 saturated carbocycles. The number of para-hydroxylation sites is 2. The second-order valence-electron chi connectivity index (χ2n) is 6.94. The SMILES string of the molecule is CCOC(=O)Cc1csc(NC(=O)Cn2c(Cc3ccccc3)nc3ccccc32)n1. The summed E-state index contributed by atoms with van der Waals surface area (Å²) >= 11 is 1.29. The van der Waals surface area contributed by atoms with E-state index < -0.39 is 0 Å². The van der Waals surface area contributed by atoms with Crippen LogP contribution in [0.4, 0.5) is 5.13 Å². The van der Waals surface area contributed by atoms with Gasteiger partial charge in [0.25, 0.3) is 0 Å². The van der Waals surface area contributed by atoms with Gasteiger partial charge in [-0.1, -0.05) is 42.5 Å². The fourth-order valence-corrected chi connectivity index (χ4v) is 4.05. The summed E-state index contributed by atoms with van der Waals surface area (Å²) in [6.45, 7) is 2.21. The van der Waals surface area contributed by atoms with E-state index in [1.54, 1.807) is 12.3 Å². The molecule has 1 N–H and O–H groups in total. The highest BCUT2D eigenvalue weighted by molar-refractivity contribution is 7.13. The maximum atomic E-state index is 12.8. The van der Waals surface area contributed by atoms with Crippen LogP contribution in [0.15, 0.2) is 60.0 Å². The number of benzene rings is 2. The molecule has 7 nitrogen and oxygen atoms in total. The van der Waals surface area contributed by atoms with Crippen molar-refractivity contribution in [2.75, 3.05) is 11.9 Å². The number of imidazole rings is 1. The number of carbonyl (C=O) groups excluding carboxylic acids is 2. The van der Waals surface area contributed by atoms with Crippen molar-refractivity contribution in [3.63, 3.8) is 0 Å². The van der Waals surface area contributed by atoms with E-state index in [1.165, 1.54) is 11.3 Å². The van der Waals surface area contributed by atoms with Gasteiger partial charge in [-0.2, -0.15) is 0 Å². The summed E-state index contributed by atoms with van der Waals surface area (Å²) in [6, 6.07) is 17.8. The first kappa shape index (κ1) is 20.7. The molecule has 0 atom stereocenters. The molecular weight excluding hydrogens is 412 g/mol. The van der Waals surface area contributed by atoms with Gasteiger partial charge in [0.05, 0.1) is 29.8 Å². The second kappa shape index (κ2) is 9.53. The number of rotatable bonds is 8. The molecule has 0 bridgehead atoms. The highest BCUT2D eigenvalue weighted by Gasteiger charge is 2.16. The Morgan fingerprint density at radius 2 is 1.84 bits per heavy atom. The van der Waals surface area contributed by atoms with Gasteiger partial charge in [-0.3, -0.25) is 9.59 Å². The fourth-order valence-electron chi connectivity index (χ4n) is 3.32. The summed E-state index contributed by atoms with van der Waals surface area (Å²) in [4.78, 5) is 33.4. The number of amides is 1. The van der Waals surface area contributed by atoms with Gasteiger partial charge in [0.15, 0.2) is 5.13 Å². The third-order valence-corrected chi connectivity index (χ3v) is 5.48. The number of nitrogens with one attached hydrogen (secondary N) is 1. The molecule has 0 aliphatic carbocycles. The van der Waals surface area contributed by atoms with Crippen LogP contribution in [0, 0.1) is 0 Å². The van der Waals surface area contributed by atoms with Crippen molar-refractivity contribution in [1.29, 1.82) is 0 Å². The van der Waals surface area contributed by atoms with Gasteiger partial charge in [0.1, 0.15) is 12.4 Å². The Labute approximate surface area is 183 Å². The van der Waals surface area contributed by atoms with Crippen molar-refractivity contribution in [3.8, 4) is 0 Å². The number of thiazole rings is 1. The molecule has 4 rings (SSSR count). The summed E-state index contributed by atoms with van der Waals surface area (Å²) in [5.41, 5.74) is 3.47. The summed E-state index contributed by atoms with van der Waals surface area (Å²) in [5, 5.41) is 5.04. The Kier molecular flexibility index (Phi) is 6.37. The molecule has 1 amide bonds. The zero-order valence-electron chi connectivity index (χ0n) is 17.1. The van der Waals surface area contributed by atoms with E-state index in [0.717, 1.165) is 22.4 Å². The molecule has 2 aromatic carbocycles. The molecule has 2 aromatic heterocycles. The summed E-state index contributed by atoms with van der Waals surface area (Å²) in [5.74, 6) is 0.292. The Balaban J connectivity index is 1.50. The van der Waals surface area contributed by atoms with Crippen LogP contribution in [0.5, 0.6) is 0 Å². The number of esters is 1. The van der Waals surface area contributed by atoms with Gasteiger partial charge in [-0.05, 0) is 24.6 Å². The van der Waals surface area contributed by atoms with Crippen molar-refractivity contribution in [3.05, 3.63) is 77.1 Å². The van der Waals surface area contributed by atoms with Crippen molar-refractivity contribution in [1.82, 2.24) is 14.5 Å². The monoisotopic (exact) mass is 434 g/mol. The lowest BCUT2D eigenvalue weighted by Crippen LogP contribution is -2.20. The highest BCUT2D eigenvalue weighted by atomic mass is 32.1. The molecule has 2 heterocycles. The lowest BCUT2D eigenvalue weighted by Gasteiger charge is -2.09. The molecule has 0 unspecified atom stereocenters. The molecule has 0 fully saturated rings. The molecule has 0 aliphatic rings. The van der Waals surface area contributed by atoms with Crippen LogP contribution in [0.3, 0.4) is 0 Å². The van der Waals surface area contributed by atoms with Gasteiger partial charge < -0.3 is 14.6 Å². The third kappa shape index (κ3) is 5.16. The topological polar surface area (TPSA) is 86.1 Å². The maximum Gasteiger partial charge on any atom is 0.311 e. The van der Waals surface area contributed by atoms with E-state index in [1.807, 2.05) is 59.2 Å². The average molecular weight is 435 g/mol. The van der Waals surface area contributed by atoms with Crippen LogP contribution in [-0.4, -0.2) is 33.0 Å². The Hall–Kier alpha value is -3.52. The summed E-state index contributed by atoms with van der Waals surface area (Å²) < 4.78 is 6.87. The summed E-state index contributed by atoms with van der Waals surface area (Å²) in [7, 11) is 0. The van der Waals surface area contributed by atoms with E-state index in [2.05, 4.69) is 10.3 Å². The largest absolute Gasteiger partial charge is 0.466 e. The van der Waals surface area contributed by atoms with Crippen LogP contribution < -0.4 is 5.32 Å². The molecule has 8 heteroatoms. The van der Waals surface area contributed by atoms with E-state index in [9.17, 15) is 9.59 Å². The molecule has 0 saturated heterocycles. The Morgan fingerprint density at radius 1 is 1.06 bits per heavy atom. The second-order valence-corrected chi connectivity index (χ2v) is 7.80.